The van der Waals surface area contributed by atoms with E-state index in [-0.39, 0.29) is 11.9 Å². The SMILES string of the molecule is CNC(CN1CCCC(C)(C)C1)C(N)=O. The maximum absolute atomic E-state index is 11.1. The lowest BCUT2D eigenvalue weighted by molar-refractivity contribution is -0.120. The highest BCUT2D eigenvalue weighted by molar-refractivity contribution is 5.80. The van der Waals surface area contributed by atoms with Crippen molar-refractivity contribution in [2.45, 2.75) is 32.7 Å². The highest BCUT2D eigenvalue weighted by atomic mass is 16.1. The summed E-state index contributed by atoms with van der Waals surface area (Å²) in [4.78, 5) is 13.4. The van der Waals surface area contributed by atoms with Gasteiger partial charge in [0.2, 0.25) is 5.91 Å². The van der Waals surface area contributed by atoms with Gasteiger partial charge in [-0.1, -0.05) is 13.8 Å². The number of amides is 1. The van der Waals surface area contributed by atoms with Crippen LogP contribution in [0.5, 0.6) is 0 Å². The van der Waals surface area contributed by atoms with E-state index >= 15 is 0 Å². The van der Waals surface area contributed by atoms with Crippen molar-refractivity contribution in [1.29, 1.82) is 0 Å². The molecule has 15 heavy (non-hydrogen) atoms. The number of nitrogens with two attached hydrogens (primary N) is 1. The average Bonchev–Trinajstić information content (AvgIpc) is 2.12. The summed E-state index contributed by atoms with van der Waals surface area (Å²) in [5.41, 5.74) is 5.67. The number of piperidine rings is 1. The fourth-order valence-electron chi connectivity index (χ4n) is 2.28. The highest BCUT2D eigenvalue weighted by Crippen LogP contribution is 2.28. The van der Waals surface area contributed by atoms with Crippen LogP contribution in [0, 0.1) is 5.41 Å². The molecule has 0 aromatic rings. The molecule has 0 spiro atoms. The van der Waals surface area contributed by atoms with Crippen LogP contribution in [0.2, 0.25) is 0 Å². The van der Waals surface area contributed by atoms with Crippen molar-refractivity contribution in [3.8, 4) is 0 Å². The Morgan fingerprint density at radius 1 is 1.60 bits per heavy atom. The molecule has 0 saturated carbocycles. The minimum Gasteiger partial charge on any atom is -0.368 e. The zero-order chi connectivity index (χ0) is 11.5. The van der Waals surface area contributed by atoms with Crippen molar-refractivity contribution in [2.75, 3.05) is 26.7 Å². The van der Waals surface area contributed by atoms with Gasteiger partial charge in [-0.3, -0.25) is 4.79 Å². The summed E-state index contributed by atoms with van der Waals surface area (Å²) in [6.45, 7) is 7.41. The molecule has 1 heterocycles. The maximum atomic E-state index is 11.1. The molecule has 4 nitrogen and oxygen atoms in total. The van der Waals surface area contributed by atoms with Gasteiger partial charge in [-0.15, -0.1) is 0 Å². The van der Waals surface area contributed by atoms with Crippen LogP contribution < -0.4 is 11.1 Å². The molecule has 3 N–H and O–H groups in total. The van der Waals surface area contributed by atoms with Gasteiger partial charge in [0, 0.05) is 13.1 Å². The van der Waals surface area contributed by atoms with Crippen LogP contribution in [0.4, 0.5) is 0 Å². The van der Waals surface area contributed by atoms with E-state index < -0.39 is 0 Å². The second-order valence-electron chi connectivity index (χ2n) is 5.25. The van der Waals surface area contributed by atoms with Gasteiger partial charge in [-0.05, 0) is 31.8 Å². The van der Waals surface area contributed by atoms with E-state index in [1.807, 2.05) is 0 Å². The number of hydrogen-bond donors (Lipinski definition) is 2. The monoisotopic (exact) mass is 213 g/mol. The number of likely N-dealkylation sites (tertiary alicyclic amines) is 1. The molecule has 4 heteroatoms. The summed E-state index contributed by atoms with van der Waals surface area (Å²) >= 11 is 0. The van der Waals surface area contributed by atoms with Crippen molar-refractivity contribution in [3.63, 3.8) is 0 Å². The lowest BCUT2D eigenvalue weighted by Crippen LogP contribution is -2.51. The van der Waals surface area contributed by atoms with Gasteiger partial charge in [0.25, 0.3) is 0 Å². The average molecular weight is 213 g/mol. The molecule has 1 saturated heterocycles. The number of hydrogen-bond acceptors (Lipinski definition) is 3. The van der Waals surface area contributed by atoms with E-state index in [1.165, 1.54) is 12.8 Å². The zero-order valence-electron chi connectivity index (χ0n) is 10.0. The third kappa shape index (κ3) is 3.80. The standard InChI is InChI=1S/C11H23N3O/c1-11(2)5-4-6-14(8-11)7-9(13-3)10(12)15/h9,13H,4-8H2,1-3H3,(H2,12,15). The van der Waals surface area contributed by atoms with Crippen LogP contribution in [0.15, 0.2) is 0 Å². The van der Waals surface area contributed by atoms with E-state index in [0.29, 0.717) is 5.41 Å². The molecule has 0 bridgehead atoms. The number of carbonyl (C=O) groups excluding carboxylic acids is 1. The zero-order valence-corrected chi connectivity index (χ0v) is 10.0. The number of primary amides is 1. The molecule has 1 fully saturated rings. The Hall–Kier alpha value is -0.610. The van der Waals surface area contributed by atoms with Crippen molar-refractivity contribution in [3.05, 3.63) is 0 Å². The van der Waals surface area contributed by atoms with Crippen molar-refractivity contribution in [2.24, 2.45) is 11.1 Å². The first-order valence-electron chi connectivity index (χ1n) is 5.63. The number of carbonyl (C=O) groups is 1. The van der Waals surface area contributed by atoms with E-state index in [0.717, 1.165) is 19.6 Å². The largest absolute Gasteiger partial charge is 0.368 e. The lowest BCUT2D eigenvalue weighted by atomic mass is 9.84. The van der Waals surface area contributed by atoms with Crippen molar-refractivity contribution in [1.82, 2.24) is 10.2 Å². The van der Waals surface area contributed by atoms with Gasteiger partial charge in [0.1, 0.15) is 0 Å². The summed E-state index contributed by atoms with van der Waals surface area (Å²) in [6, 6.07) is -0.223. The predicted molar refractivity (Wildman–Crippen MR) is 61.5 cm³/mol. The Labute approximate surface area is 92.2 Å². The molecule has 0 aromatic carbocycles. The first kappa shape index (κ1) is 12.5. The third-order valence-electron chi connectivity index (χ3n) is 3.11. The van der Waals surface area contributed by atoms with Crippen molar-refractivity contribution < 1.29 is 4.79 Å². The molecule has 0 aliphatic carbocycles. The number of nitrogens with one attached hydrogen (secondary N) is 1. The predicted octanol–water partition coefficient (Wildman–Crippen LogP) is 0.182. The van der Waals surface area contributed by atoms with Crippen molar-refractivity contribution >= 4 is 5.91 Å². The van der Waals surface area contributed by atoms with E-state index in [2.05, 4.69) is 24.1 Å². The Morgan fingerprint density at radius 2 is 2.27 bits per heavy atom. The van der Waals surface area contributed by atoms with Crippen LogP contribution in [-0.2, 0) is 4.79 Å². The first-order valence-corrected chi connectivity index (χ1v) is 5.63. The van der Waals surface area contributed by atoms with Crippen LogP contribution >= 0.6 is 0 Å². The van der Waals surface area contributed by atoms with Gasteiger partial charge in [0.05, 0.1) is 6.04 Å². The molecular formula is C11H23N3O. The third-order valence-corrected chi connectivity index (χ3v) is 3.11. The molecule has 1 atom stereocenters. The summed E-state index contributed by atoms with van der Waals surface area (Å²) in [6.07, 6.45) is 2.48. The maximum Gasteiger partial charge on any atom is 0.235 e. The van der Waals surface area contributed by atoms with Gasteiger partial charge < -0.3 is 16.0 Å². The molecule has 1 unspecified atom stereocenters. The first-order chi connectivity index (χ1) is 6.94. The molecule has 0 radical (unpaired) electrons. The van der Waals surface area contributed by atoms with Gasteiger partial charge in [-0.2, -0.15) is 0 Å². The summed E-state index contributed by atoms with van der Waals surface area (Å²) in [5.74, 6) is -0.263. The Bertz CT molecular complexity index is 228. The minimum atomic E-state index is -0.263. The summed E-state index contributed by atoms with van der Waals surface area (Å²) < 4.78 is 0. The molecule has 1 rings (SSSR count). The Kier molecular flexibility index (Phi) is 4.11. The quantitative estimate of drug-likeness (QED) is 0.700. The van der Waals surface area contributed by atoms with E-state index in [9.17, 15) is 4.79 Å². The smallest absolute Gasteiger partial charge is 0.235 e. The van der Waals surface area contributed by atoms with E-state index in [4.69, 9.17) is 5.73 Å². The molecule has 1 amide bonds. The number of likely N-dealkylation sites (N-methyl/N-ethyl adjacent to an activating group) is 1. The summed E-state index contributed by atoms with van der Waals surface area (Å²) in [5, 5.41) is 2.96. The van der Waals surface area contributed by atoms with Crippen LogP contribution in [0.1, 0.15) is 26.7 Å². The van der Waals surface area contributed by atoms with Gasteiger partial charge in [0.15, 0.2) is 0 Å². The molecule has 88 valence electrons. The highest BCUT2D eigenvalue weighted by Gasteiger charge is 2.28. The lowest BCUT2D eigenvalue weighted by Gasteiger charge is -2.39. The fourth-order valence-corrected chi connectivity index (χ4v) is 2.28. The fraction of sp³-hybridized carbons (Fsp3) is 0.909. The molecule has 0 aromatic heterocycles. The minimum absolute atomic E-state index is 0.223. The summed E-state index contributed by atoms with van der Waals surface area (Å²) in [7, 11) is 1.78. The number of rotatable bonds is 4. The van der Waals surface area contributed by atoms with Crippen LogP contribution in [-0.4, -0.2) is 43.5 Å². The topological polar surface area (TPSA) is 58.4 Å². The van der Waals surface area contributed by atoms with Gasteiger partial charge >= 0.3 is 0 Å². The second-order valence-corrected chi connectivity index (χ2v) is 5.25. The van der Waals surface area contributed by atoms with Crippen LogP contribution in [0.3, 0.4) is 0 Å². The van der Waals surface area contributed by atoms with Gasteiger partial charge in [-0.25, -0.2) is 0 Å². The normalized spacial score (nSPS) is 23.7. The number of nitrogens with zero attached hydrogens (tertiary/aromatic N) is 1. The Balaban J connectivity index is 2.47. The van der Waals surface area contributed by atoms with Crippen LogP contribution in [0.25, 0.3) is 0 Å². The Morgan fingerprint density at radius 3 is 2.73 bits per heavy atom. The molecule has 1 aliphatic rings. The molecular weight excluding hydrogens is 190 g/mol. The molecule has 1 aliphatic heterocycles. The van der Waals surface area contributed by atoms with E-state index in [1.54, 1.807) is 7.05 Å². The second kappa shape index (κ2) is 4.94.